The van der Waals surface area contributed by atoms with E-state index in [0.717, 1.165) is 43.2 Å². The monoisotopic (exact) mass is 304 g/mol. The lowest BCUT2D eigenvalue weighted by Gasteiger charge is -2.18. The van der Waals surface area contributed by atoms with Crippen LogP contribution in [0.15, 0.2) is 12.1 Å². The first-order chi connectivity index (χ1) is 10.2. The molecule has 1 aromatic rings. The van der Waals surface area contributed by atoms with E-state index in [-0.39, 0.29) is 11.5 Å². The summed E-state index contributed by atoms with van der Waals surface area (Å²) in [6.07, 6.45) is 8.84. The number of phenolic OH excluding ortho intramolecular Hbond substituents is 2. The normalized spacial score (nSPS) is 16.7. The molecule has 0 unspecified atom stereocenters. The third kappa shape index (κ3) is 4.93. The number of aromatic hydroxyl groups is 2. The second kappa shape index (κ2) is 6.52. The van der Waals surface area contributed by atoms with Crippen molar-refractivity contribution in [2.24, 2.45) is 10.8 Å². The van der Waals surface area contributed by atoms with Gasteiger partial charge < -0.3 is 10.2 Å². The number of aryl methyl sites for hydroxylation is 2. The van der Waals surface area contributed by atoms with Crippen molar-refractivity contribution in [2.75, 3.05) is 0 Å². The Bertz CT molecular complexity index is 471. The molecule has 0 saturated heterocycles. The zero-order valence-corrected chi connectivity index (χ0v) is 14.7. The molecule has 22 heavy (non-hydrogen) atoms. The van der Waals surface area contributed by atoms with Gasteiger partial charge in [0.15, 0.2) is 11.5 Å². The van der Waals surface area contributed by atoms with E-state index in [2.05, 4.69) is 27.7 Å². The predicted octanol–water partition coefficient (Wildman–Crippen LogP) is 5.59. The first kappa shape index (κ1) is 17.2. The van der Waals surface area contributed by atoms with Crippen LogP contribution in [0.3, 0.4) is 0 Å². The van der Waals surface area contributed by atoms with Crippen LogP contribution in [0.4, 0.5) is 0 Å². The number of hydrogen-bond acceptors (Lipinski definition) is 2. The van der Waals surface area contributed by atoms with Gasteiger partial charge in [0, 0.05) is 0 Å². The van der Waals surface area contributed by atoms with Crippen LogP contribution in [0.2, 0.25) is 0 Å². The van der Waals surface area contributed by atoms with Crippen LogP contribution in [0.5, 0.6) is 11.5 Å². The van der Waals surface area contributed by atoms with E-state index < -0.39 is 0 Å². The van der Waals surface area contributed by atoms with Gasteiger partial charge in [-0.25, -0.2) is 0 Å². The first-order valence-corrected chi connectivity index (χ1v) is 8.73. The summed E-state index contributed by atoms with van der Waals surface area (Å²) < 4.78 is 0. The van der Waals surface area contributed by atoms with Gasteiger partial charge in [-0.3, -0.25) is 0 Å². The topological polar surface area (TPSA) is 40.5 Å². The van der Waals surface area contributed by atoms with E-state index in [4.69, 9.17) is 0 Å². The fourth-order valence-electron chi connectivity index (χ4n) is 3.04. The summed E-state index contributed by atoms with van der Waals surface area (Å²) in [7, 11) is 0. The Hall–Kier alpha value is -1.18. The Balaban J connectivity index is 1.89. The number of hydrogen-bond donors (Lipinski definition) is 2. The quantitative estimate of drug-likeness (QED) is 0.645. The molecule has 124 valence electrons. The van der Waals surface area contributed by atoms with Crippen molar-refractivity contribution in [3.63, 3.8) is 0 Å². The molecule has 0 spiro atoms. The average molecular weight is 304 g/mol. The standard InChI is InChI=1S/C20H32O2/c1-19(2,3)11-5-7-15-9-10-16(18(22)17(15)21)8-6-12-20(4)13-14-20/h9-10,21-22H,5-8,11-14H2,1-4H3. The van der Waals surface area contributed by atoms with Gasteiger partial charge in [-0.1, -0.05) is 39.8 Å². The van der Waals surface area contributed by atoms with Crippen LogP contribution in [-0.4, -0.2) is 10.2 Å². The Kier molecular flexibility index (Phi) is 5.09. The second-order valence-electron chi connectivity index (χ2n) is 8.66. The molecule has 2 heteroatoms. The van der Waals surface area contributed by atoms with Gasteiger partial charge in [0.2, 0.25) is 0 Å². The van der Waals surface area contributed by atoms with Gasteiger partial charge in [-0.05, 0) is 73.3 Å². The van der Waals surface area contributed by atoms with Gasteiger partial charge in [0.05, 0.1) is 0 Å². The number of rotatable bonds is 7. The van der Waals surface area contributed by atoms with E-state index in [9.17, 15) is 10.2 Å². The summed E-state index contributed by atoms with van der Waals surface area (Å²) in [5.74, 6) is 0.207. The smallest absolute Gasteiger partial charge is 0.160 e. The summed E-state index contributed by atoms with van der Waals surface area (Å²) in [4.78, 5) is 0. The van der Waals surface area contributed by atoms with E-state index in [1.807, 2.05) is 12.1 Å². The molecule has 0 amide bonds. The Morgan fingerprint density at radius 1 is 0.955 bits per heavy atom. The Morgan fingerprint density at radius 3 is 1.91 bits per heavy atom. The molecule has 1 fully saturated rings. The highest BCUT2D eigenvalue weighted by Gasteiger charge is 2.36. The summed E-state index contributed by atoms with van der Waals surface area (Å²) in [6.45, 7) is 9.03. The zero-order chi connectivity index (χ0) is 16.4. The molecule has 0 heterocycles. The Labute approximate surface area is 135 Å². The lowest BCUT2D eigenvalue weighted by atomic mass is 9.88. The van der Waals surface area contributed by atoms with E-state index >= 15 is 0 Å². The molecule has 0 radical (unpaired) electrons. The van der Waals surface area contributed by atoms with Crippen molar-refractivity contribution < 1.29 is 10.2 Å². The van der Waals surface area contributed by atoms with Crippen LogP contribution in [0.25, 0.3) is 0 Å². The maximum atomic E-state index is 10.2. The van der Waals surface area contributed by atoms with Crippen molar-refractivity contribution in [1.82, 2.24) is 0 Å². The number of benzene rings is 1. The molecule has 1 aliphatic rings. The summed E-state index contributed by atoms with van der Waals surface area (Å²) in [6, 6.07) is 3.99. The van der Waals surface area contributed by atoms with Gasteiger partial charge in [-0.2, -0.15) is 0 Å². The molecule has 1 saturated carbocycles. The van der Waals surface area contributed by atoms with Crippen LogP contribution >= 0.6 is 0 Å². The van der Waals surface area contributed by atoms with Crippen molar-refractivity contribution in [3.8, 4) is 11.5 Å². The Morgan fingerprint density at radius 2 is 1.45 bits per heavy atom. The van der Waals surface area contributed by atoms with Crippen LogP contribution < -0.4 is 0 Å². The van der Waals surface area contributed by atoms with Gasteiger partial charge in [0.25, 0.3) is 0 Å². The van der Waals surface area contributed by atoms with Crippen molar-refractivity contribution in [1.29, 1.82) is 0 Å². The zero-order valence-electron chi connectivity index (χ0n) is 14.7. The second-order valence-corrected chi connectivity index (χ2v) is 8.66. The molecule has 1 aromatic carbocycles. The van der Waals surface area contributed by atoms with Crippen LogP contribution in [-0.2, 0) is 12.8 Å². The van der Waals surface area contributed by atoms with E-state index in [1.54, 1.807) is 0 Å². The highest BCUT2D eigenvalue weighted by atomic mass is 16.3. The summed E-state index contributed by atoms with van der Waals surface area (Å²) in [5, 5.41) is 20.5. The van der Waals surface area contributed by atoms with Gasteiger partial charge in [0.1, 0.15) is 0 Å². The fraction of sp³-hybridized carbons (Fsp3) is 0.700. The third-order valence-corrected chi connectivity index (χ3v) is 5.02. The van der Waals surface area contributed by atoms with Crippen molar-refractivity contribution in [3.05, 3.63) is 23.3 Å². The summed E-state index contributed by atoms with van der Waals surface area (Å²) in [5.41, 5.74) is 2.64. The van der Waals surface area contributed by atoms with Crippen LogP contribution in [0, 0.1) is 10.8 Å². The lowest BCUT2D eigenvalue weighted by molar-refractivity contribution is 0.361. The third-order valence-electron chi connectivity index (χ3n) is 5.02. The molecular weight excluding hydrogens is 272 g/mol. The average Bonchev–Trinajstić information content (AvgIpc) is 3.14. The minimum Gasteiger partial charge on any atom is -0.504 e. The number of phenols is 2. The molecule has 0 aromatic heterocycles. The van der Waals surface area contributed by atoms with E-state index in [1.165, 1.54) is 19.3 Å². The molecule has 0 aliphatic heterocycles. The minimum absolute atomic E-state index is 0.101. The fourth-order valence-corrected chi connectivity index (χ4v) is 3.04. The highest BCUT2D eigenvalue weighted by molar-refractivity contribution is 5.50. The lowest BCUT2D eigenvalue weighted by Crippen LogP contribution is -2.05. The predicted molar refractivity (Wildman–Crippen MR) is 92.4 cm³/mol. The molecule has 2 nitrogen and oxygen atoms in total. The van der Waals surface area contributed by atoms with Crippen LogP contribution in [0.1, 0.15) is 77.3 Å². The van der Waals surface area contributed by atoms with Gasteiger partial charge in [-0.15, -0.1) is 0 Å². The first-order valence-electron chi connectivity index (χ1n) is 8.73. The van der Waals surface area contributed by atoms with E-state index in [0.29, 0.717) is 10.8 Å². The highest BCUT2D eigenvalue weighted by Crippen LogP contribution is 2.49. The minimum atomic E-state index is 0.101. The maximum Gasteiger partial charge on any atom is 0.160 e. The van der Waals surface area contributed by atoms with Crippen molar-refractivity contribution >= 4 is 0 Å². The molecule has 0 bridgehead atoms. The SMILES string of the molecule is CC(C)(C)CCCc1ccc(CCCC2(C)CC2)c(O)c1O. The molecule has 2 N–H and O–H groups in total. The largest absolute Gasteiger partial charge is 0.504 e. The molecular formula is C20H32O2. The molecule has 1 aliphatic carbocycles. The summed E-state index contributed by atoms with van der Waals surface area (Å²) >= 11 is 0. The molecule has 2 rings (SSSR count). The molecule has 0 atom stereocenters. The van der Waals surface area contributed by atoms with Gasteiger partial charge >= 0.3 is 0 Å². The maximum absolute atomic E-state index is 10.2. The van der Waals surface area contributed by atoms with Crippen molar-refractivity contribution in [2.45, 2.75) is 79.1 Å².